The molecule has 1 amide bonds. The first kappa shape index (κ1) is 20.1. The lowest BCUT2D eigenvalue weighted by Gasteiger charge is -2.10. The fourth-order valence-corrected chi connectivity index (χ4v) is 2.14. The predicted octanol–water partition coefficient (Wildman–Crippen LogP) is 2.91. The van der Waals surface area contributed by atoms with Gasteiger partial charge in [0, 0.05) is 13.0 Å². The van der Waals surface area contributed by atoms with Gasteiger partial charge in [0.25, 0.3) is 5.91 Å². The van der Waals surface area contributed by atoms with Crippen LogP contribution in [0.25, 0.3) is 0 Å². The SMILES string of the molecule is CCC(=O)Oc1ccc(C(F)C(=O)NCCCCCCNC)cc1. The van der Waals surface area contributed by atoms with Crippen LogP contribution in [0.3, 0.4) is 0 Å². The van der Waals surface area contributed by atoms with E-state index in [0.717, 1.165) is 32.2 Å². The van der Waals surface area contributed by atoms with Crippen molar-refractivity contribution in [3.63, 3.8) is 0 Å². The normalized spacial score (nSPS) is 11.8. The summed E-state index contributed by atoms with van der Waals surface area (Å²) in [5.74, 6) is -0.643. The lowest BCUT2D eigenvalue weighted by atomic mass is 10.1. The molecule has 0 bridgehead atoms. The van der Waals surface area contributed by atoms with Crippen molar-refractivity contribution in [2.75, 3.05) is 20.1 Å². The molecule has 0 fully saturated rings. The van der Waals surface area contributed by atoms with E-state index in [9.17, 15) is 14.0 Å². The van der Waals surface area contributed by atoms with E-state index in [-0.39, 0.29) is 18.0 Å². The summed E-state index contributed by atoms with van der Waals surface area (Å²) in [6, 6.07) is 5.90. The predicted molar refractivity (Wildman–Crippen MR) is 91.6 cm³/mol. The van der Waals surface area contributed by atoms with Gasteiger partial charge in [-0.3, -0.25) is 9.59 Å². The number of amides is 1. The highest BCUT2D eigenvalue weighted by Gasteiger charge is 2.19. The summed E-state index contributed by atoms with van der Waals surface area (Å²) in [7, 11) is 1.92. The molecule has 1 atom stereocenters. The van der Waals surface area contributed by atoms with Crippen LogP contribution in [0.4, 0.5) is 4.39 Å². The molecule has 6 heteroatoms. The molecule has 0 saturated carbocycles. The van der Waals surface area contributed by atoms with Crippen LogP contribution >= 0.6 is 0 Å². The smallest absolute Gasteiger partial charge is 0.310 e. The third-order valence-corrected chi connectivity index (χ3v) is 3.58. The summed E-state index contributed by atoms with van der Waals surface area (Å²) < 4.78 is 19.1. The molecule has 134 valence electrons. The molecule has 2 N–H and O–H groups in total. The van der Waals surface area contributed by atoms with Crippen molar-refractivity contribution in [1.82, 2.24) is 10.6 Å². The first-order valence-corrected chi connectivity index (χ1v) is 8.45. The summed E-state index contributed by atoms with van der Waals surface area (Å²) >= 11 is 0. The zero-order valence-corrected chi connectivity index (χ0v) is 14.4. The molecule has 0 heterocycles. The number of hydrogen-bond donors (Lipinski definition) is 2. The number of rotatable bonds is 11. The molecular weight excluding hydrogens is 311 g/mol. The Balaban J connectivity index is 2.33. The molecule has 0 aliphatic heterocycles. The van der Waals surface area contributed by atoms with Crippen LogP contribution in [0.5, 0.6) is 5.75 Å². The van der Waals surface area contributed by atoms with Gasteiger partial charge in [-0.1, -0.05) is 31.9 Å². The number of alkyl halides is 1. The van der Waals surface area contributed by atoms with Gasteiger partial charge in [0.2, 0.25) is 6.17 Å². The van der Waals surface area contributed by atoms with E-state index in [1.807, 2.05) is 7.05 Å². The maximum Gasteiger partial charge on any atom is 0.310 e. The van der Waals surface area contributed by atoms with Crippen LogP contribution in [0.15, 0.2) is 24.3 Å². The fraction of sp³-hybridized carbons (Fsp3) is 0.556. The minimum absolute atomic E-state index is 0.248. The zero-order chi connectivity index (χ0) is 17.8. The minimum atomic E-state index is -1.72. The number of halogens is 1. The average molecular weight is 338 g/mol. The number of unbranched alkanes of at least 4 members (excludes halogenated alkanes) is 3. The van der Waals surface area contributed by atoms with E-state index in [2.05, 4.69) is 10.6 Å². The summed E-state index contributed by atoms with van der Waals surface area (Å²) in [6.45, 7) is 3.16. The Labute approximate surface area is 143 Å². The number of ether oxygens (including phenoxy) is 1. The molecule has 1 aromatic carbocycles. The topological polar surface area (TPSA) is 67.4 Å². The van der Waals surface area contributed by atoms with Crippen molar-refractivity contribution in [1.29, 1.82) is 0 Å². The van der Waals surface area contributed by atoms with Gasteiger partial charge in [-0.2, -0.15) is 0 Å². The van der Waals surface area contributed by atoms with Crippen molar-refractivity contribution < 1.29 is 18.7 Å². The van der Waals surface area contributed by atoms with Gasteiger partial charge in [-0.25, -0.2) is 4.39 Å². The summed E-state index contributed by atoms with van der Waals surface area (Å²) in [6.07, 6.45) is 2.60. The number of carbonyl (C=O) groups excluding carboxylic acids is 2. The third kappa shape index (κ3) is 7.55. The Morgan fingerprint density at radius 1 is 1.08 bits per heavy atom. The van der Waals surface area contributed by atoms with E-state index in [1.54, 1.807) is 6.92 Å². The maximum absolute atomic E-state index is 14.1. The van der Waals surface area contributed by atoms with E-state index >= 15 is 0 Å². The lowest BCUT2D eigenvalue weighted by molar-refractivity contribution is -0.134. The Hall–Kier alpha value is -1.95. The molecule has 0 spiro atoms. The van der Waals surface area contributed by atoms with Crippen molar-refractivity contribution in [2.45, 2.75) is 45.2 Å². The third-order valence-electron chi connectivity index (χ3n) is 3.58. The quantitative estimate of drug-likeness (QED) is 0.370. The summed E-state index contributed by atoms with van der Waals surface area (Å²) in [5, 5.41) is 5.69. The summed E-state index contributed by atoms with van der Waals surface area (Å²) in [5.41, 5.74) is 0.248. The molecule has 5 nitrogen and oxygen atoms in total. The van der Waals surface area contributed by atoms with Crippen molar-refractivity contribution in [2.24, 2.45) is 0 Å². The van der Waals surface area contributed by atoms with Crippen molar-refractivity contribution in [3.8, 4) is 5.75 Å². The number of esters is 1. The van der Waals surface area contributed by atoms with E-state index in [0.29, 0.717) is 12.3 Å². The molecule has 0 saturated heterocycles. The van der Waals surface area contributed by atoms with Crippen LogP contribution in [0.1, 0.15) is 50.8 Å². The van der Waals surface area contributed by atoms with Crippen LogP contribution < -0.4 is 15.4 Å². The number of carbonyl (C=O) groups is 2. The van der Waals surface area contributed by atoms with Crippen molar-refractivity contribution in [3.05, 3.63) is 29.8 Å². The van der Waals surface area contributed by atoms with E-state index in [1.165, 1.54) is 24.3 Å². The lowest BCUT2D eigenvalue weighted by Crippen LogP contribution is -2.28. The molecule has 0 radical (unpaired) electrons. The fourth-order valence-electron chi connectivity index (χ4n) is 2.14. The number of benzene rings is 1. The zero-order valence-electron chi connectivity index (χ0n) is 14.4. The second kappa shape index (κ2) is 11.6. The largest absolute Gasteiger partial charge is 0.427 e. The number of hydrogen-bond acceptors (Lipinski definition) is 4. The Morgan fingerprint density at radius 2 is 1.71 bits per heavy atom. The molecule has 0 aliphatic rings. The van der Waals surface area contributed by atoms with E-state index in [4.69, 9.17) is 4.74 Å². The monoisotopic (exact) mass is 338 g/mol. The van der Waals surface area contributed by atoms with Crippen LogP contribution in [-0.4, -0.2) is 32.0 Å². The molecule has 1 rings (SSSR count). The molecule has 24 heavy (non-hydrogen) atoms. The first-order valence-electron chi connectivity index (χ1n) is 8.45. The Kier molecular flexibility index (Phi) is 9.68. The first-order chi connectivity index (χ1) is 11.6. The van der Waals surface area contributed by atoms with Gasteiger partial charge in [0.1, 0.15) is 5.75 Å². The van der Waals surface area contributed by atoms with Crippen LogP contribution in [0, 0.1) is 0 Å². The summed E-state index contributed by atoms with van der Waals surface area (Å²) in [4.78, 5) is 23.0. The average Bonchev–Trinajstić information content (AvgIpc) is 2.60. The van der Waals surface area contributed by atoms with Gasteiger partial charge < -0.3 is 15.4 Å². The molecular formula is C18H27FN2O3. The Bertz CT molecular complexity index is 505. The van der Waals surface area contributed by atoms with Crippen molar-refractivity contribution >= 4 is 11.9 Å². The van der Waals surface area contributed by atoms with Gasteiger partial charge in [0.15, 0.2) is 0 Å². The second-order valence-corrected chi connectivity index (χ2v) is 5.57. The van der Waals surface area contributed by atoms with Crippen LogP contribution in [-0.2, 0) is 9.59 Å². The highest BCUT2D eigenvalue weighted by molar-refractivity contribution is 5.82. The second-order valence-electron chi connectivity index (χ2n) is 5.57. The molecule has 1 aromatic rings. The van der Waals surface area contributed by atoms with Crippen LogP contribution in [0.2, 0.25) is 0 Å². The Morgan fingerprint density at radius 3 is 2.29 bits per heavy atom. The van der Waals surface area contributed by atoms with Gasteiger partial charge in [-0.15, -0.1) is 0 Å². The number of nitrogens with one attached hydrogen (secondary N) is 2. The maximum atomic E-state index is 14.1. The van der Waals surface area contributed by atoms with Gasteiger partial charge in [0.05, 0.1) is 0 Å². The van der Waals surface area contributed by atoms with Gasteiger partial charge >= 0.3 is 5.97 Å². The molecule has 0 aliphatic carbocycles. The molecule has 1 unspecified atom stereocenters. The highest BCUT2D eigenvalue weighted by Crippen LogP contribution is 2.21. The minimum Gasteiger partial charge on any atom is -0.427 e. The van der Waals surface area contributed by atoms with E-state index < -0.39 is 12.1 Å². The molecule has 0 aromatic heterocycles. The standard InChI is InChI=1S/C18H27FN2O3/c1-3-16(22)24-15-10-8-14(9-11-15)17(19)18(23)21-13-7-5-4-6-12-20-2/h8-11,17,20H,3-7,12-13H2,1-2H3,(H,21,23). The highest BCUT2D eigenvalue weighted by atomic mass is 19.1. The van der Waals surface area contributed by atoms with Gasteiger partial charge in [-0.05, 0) is 44.1 Å².